The summed E-state index contributed by atoms with van der Waals surface area (Å²) >= 11 is 1.62. The number of fused-ring (bicyclic) bond motifs is 3. The SMILES string of the molecule is Cc1ccc(-c2c3c(=O)n(C)c(=O)n(C)c3c3n2C(C)(C)CO[C@@H]3c2cccs2)cc1. The van der Waals surface area contributed by atoms with Crippen molar-refractivity contribution in [2.75, 3.05) is 6.61 Å². The number of thiophene rings is 1. The summed E-state index contributed by atoms with van der Waals surface area (Å²) in [4.78, 5) is 27.5. The third-order valence-electron chi connectivity index (χ3n) is 6.19. The number of rotatable bonds is 2. The van der Waals surface area contributed by atoms with Crippen molar-refractivity contribution in [3.05, 3.63) is 78.8 Å². The number of aromatic nitrogens is 3. The summed E-state index contributed by atoms with van der Waals surface area (Å²) in [6.45, 7) is 6.76. The third kappa shape index (κ3) is 2.80. The summed E-state index contributed by atoms with van der Waals surface area (Å²) in [5.74, 6) is 0. The van der Waals surface area contributed by atoms with Gasteiger partial charge in [0, 0.05) is 19.0 Å². The highest BCUT2D eigenvalue weighted by molar-refractivity contribution is 7.10. The van der Waals surface area contributed by atoms with Crippen molar-refractivity contribution in [1.29, 1.82) is 0 Å². The van der Waals surface area contributed by atoms with Crippen LogP contribution in [0.3, 0.4) is 0 Å². The van der Waals surface area contributed by atoms with Crippen LogP contribution in [-0.2, 0) is 24.4 Å². The largest absolute Gasteiger partial charge is 0.364 e. The molecule has 1 aromatic carbocycles. The lowest BCUT2D eigenvalue weighted by Gasteiger charge is -2.39. The van der Waals surface area contributed by atoms with E-state index in [1.54, 1.807) is 23.0 Å². The van der Waals surface area contributed by atoms with E-state index in [0.29, 0.717) is 17.5 Å². The van der Waals surface area contributed by atoms with Crippen LogP contribution in [0.5, 0.6) is 0 Å². The van der Waals surface area contributed by atoms with Gasteiger partial charge in [-0.25, -0.2) is 4.79 Å². The first-order valence-corrected chi connectivity index (χ1v) is 11.2. The average molecular weight is 436 g/mol. The Kier molecular flexibility index (Phi) is 4.39. The molecule has 0 saturated heterocycles. The number of nitrogens with zero attached hydrogens (tertiary/aromatic N) is 3. The second-order valence-corrected chi connectivity index (χ2v) is 9.86. The number of hydrogen-bond donors (Lipinski definition) is 0. The molecule has 4 aromatic rings. The van der Waals surface area contributed by atoms with E-state index in [9.17, 15) is 9.59 Å². The third-order valence-corrected chi connectivity index (χ3v) is 7.11. The van der Waals surface area contributed by atoms with Crippen LogP contribution in [0.4, 0.5) is 0 Å². The molecule has 0 radical (unpaired) electrons. The van der Waals surface area contributed by atoms with Crippen molar-refractivity contribution in [3.63, 3.8) is 0 Å². The van der Waals surface area contributed by atoms with Gasteiger partial charge in [-0.3, -0.25) is 13.9 Å². The Morgan fingerprint density at radius 1 is 1.06 bits per heavy atom. The van der Waals surface area contributed by atoms with Crippen LogP contribution in [0.2, 0.25) is 0 Å². The first kappa shape index (κ1) is 20.0. The van der Waals surface area contributed by atoms with E-state index in [0.717, 1.165) is 27.4 Å². The zero-order chi connectivity index (χ0) is 22.1. The topological polar surface area (TPSA) is 58.2 Å². The van der Waals surface area contributed by atoms with Gasteiger partial charge in [-0.05, 0) is 37.8 Å². The summed E-state index contributed by atoms with van der Waals surface area (Å²) in [6, 6.07) is 12.2. The minimum absolute atomic E-state index is 0.281. The molecule has 0 bridgehead atoms. The molecule has 0 fully saturated rings. The zero-order valence-electron chi connectivity index (χ0n) is 18.3. The Morgan fingerprint density at radius 2 is 1.77 bits per heavy atom. The van der Waals surface area contributed by atoms with Gasteiger partial charge in [0.05, 0.1) is 34.4 Å². The molecule has 1 atom stereocenters. The fourth-order valence-electron chi connectivity index (χ4n) is 4.64. The van der Waals surface area contributed by atoms with E-state index < -0.39 is 5.54 Å². The van der Waals surface area contributed by atoms with E-state index in [-0.39, 0.29) is 17.4 Å². The Labute approximate surface area is 183 Å². The van der Waals surface area contributed by atoms with Gasteiger partial charge in [-0.15, -0.1) is 11.3 Å². The van der Waals surface area contributed by atoms with E-state index in [4.69, 9.17) is 4.74 Å². The second-order valence-electron chi connectivity index (χ2n) is 8.88. The maximum absolute atomic E-state index is 13.5. The summed E-state index contributed by atoms with van der Waals surface area (Å²) in [7, 11) is 3.27. The summed E-state index contributed by atoms with van der Waals surface area (Å²) < 4.78 is 11.4. The molecule has 6 nitrogen and oxygen atoms in total. The van der Waals surface area contributed by atoms with Crippen molar-refractivity contribution in [3.8, 4) is 11.3 Å². The van der Waals surface area contributed by atoms with Crippen LogP contribution in [0.25, 0.3) is 22.2 Å². The fourth-order valence-corrected chi connectivity index (χ4v) is 5.41. The van der Waals surface area contributed by atoms with Crippen LogP contribution in [-0.4, -0.2) is 20.3 Å². The Morgan fingerprint density at radius 3 is 2.42 bits per heavy atom. The molecule has 4 heterocycles. The summed E-state index contributed by atoms with van der Waals surface area (Å²) in [5, 5.41) is 2.58. The number of aryl methyl sites for hydroxylation is 2. The smallest absolute Gasteiger partial charge is 0.331 e. The highest BCUT2D eigenvalue weighted by atomic mass is 32.1. The van der Waals surface area contributed by atoms with E-state index in [2.05, 4.69) is 30.5 Å². The normalized spacial score (nSPS) is 17.8. The molecular formula is C24H25N3O3S. The molecule has 5 rings (SSSR count). The molecule has 0 unspecified atom stereocenters. The fraction of sp³-hybridized carbons (Fsp3) is 0.333. The van der Waals surface area contributed by atoms with Crippen molar-refractivity contribution in [2.45, 2.75) is 32.4 Å². The first-order valence-electron chi connectivity index (χ1n) is 10.3. The highest BCUT2D eigenvalue weighted by Crippen LogP contribution is 2.46. The van der Waals surface area contributed by atoms with Crippen LogP contribution >= 0.6 is 11.3 Å². The predicted molar refractivity (Wildman–Crippen MR) is 124 cm³/mol. The lowest BCUT2D eigenvalue weighted by molar-refractivity contribution is -0.00545. The molecule has 160 valence electrons. The molecule has 1 aliphatic heterocycles. The molecule has 31 heavy (non-hydrogen) atoms. The van der Waals surface area contributed by atoms with Crippen LogP contribution < -0.4 is 11.2 Å². The molecule has 0 saturated carbocycles. The predicted octanol–water partition coefficient (Wildman–Crippen LogP) is 3.93. The van der Waals surface area contributed by atoms with E-state index >= 15 is 0 Å². The molecule has 7 heteroatoms. The van der Waals surface area contributed by atoms with E-state index in [1.165, 1.54) is 11.6 Å². The van der Waals surface area contributed by atoms with Gasteiger partial charge in [0.2, 0.25) is 0 Å². The van der Waals surface area contributed by atoms with Crippen LogP contribution in [0.15, 0.2) is 51.4 Å². The Balaban J connectivity index is 2.03. The van der Waals surface area contributed by atoms with Crippen LogP contribution in [0.1, 0.15) is 36.1 Å². The monoisotopic (exact) mass is 435 g/mol. The standard InChI is InChI=1S/C24H25N3O3S/c1-14-8-10-15(11-9-14)18-17-19(25(4)23(29)26(5)22(17)28)20-21(16-7-6-12-31-16)30-13-24(2,3)27(18)20/h6-12,21H,13H2,1-5H3/t21-/m1/s1. The van der Waals surface area contributed by atoms with Gasteiger partial charge >= 0.3 is 5.69 Å². The number of hydrogen-bond acceptors (Lipinski definition) is 4. The molecular weight excluding hydrogens is 410 g/mol. The van der Waals surface area contributed by atoms with Gasteiger partial charge < -0.3 is 9.30 Å². The molecule has 0 amide bonds. The Bertz CT molecular complexity index is 1420. The molecule has 0 spiro atoms. The van der Waals surface area contributed by atoms with Gasteiger partial charge in [0.15, 0.2) is 0 Å². The summed E-state index contributed by atoms with van der Waals surface area (Å²) in [6.07, 6.45) is -0.340. The van der Waals surface area contributed by atoms with Gasteiger partial charge in [-0.1, -0.05) is 35.9 Å². The number of ether oxygens (including phenoxy) is 1. The maximum atomic E-state index is 13.5. The van der Waals surface area contributed by atoms with Crippen molar-refractivity contribution in [1.82, 2.24) is 13.7 Å². The zero-order valence-corrected chi connectivity index (χ0v) is 19.1. The Hall–Kier alpha value is -2.90. The van der Waals surface area contributed by atoms with Crippen molar-refractivity contribution in [2.24, 2.45) is 14.1 Å². The molecule has 1 aliphatic rings. The van der Waals surface area contributed by atoms with Crippen molar-refractivity contribution < 1.29 is 4.74 Å². The van der Waals surface area contributed by atoms with Gasteiger partial charge in [0.25, 0.3) is 5.56 Å². The maximum Gasteiger partial charge on any atom is 0.331 e. The van der Waals surface area contributed by atoms with Gasteiger partial charge in [0.1, 0.15) is 6.10 Å². The number of benzene rings is 1. The minimum atomic E-state index is -0.399. The first-order chi connectivity index (χ1) is 14.7. The minimum Gasteiger partial charge on any atom is -0.364 e. The lowest BCUT2D eigenvalue weighted by Crippen LogP contribution is -2.40. The summed E-state index contributed by atoms with van der Waals surface area (Å²) in [5.41, 5.74) is 3.44. The van der Waals surface area contributed by atoms with Gasteiger partial charge in [-0.2, -0.15) is 0 Å². The quantitative estimate of drug-likeness (QED) is 0.479. The second kappa shape index (κ2) is 6.80. The lowest BCUT2D eigenvalue weighted by atomic mass is 10.0. The molecule has 0 N–H and O–H groups in total. The molecule has 3 aromatic heterocycles. The molecule has 0 aliphatic carbocycles. The van der Waals surface area contributed by atoms with Crippen molar-refractivity contribution >= 4 is 22.2 Å². The van der Waals surface area contributed by atoms with Crippen LogP contribution in [0, 0.1) is 6.92 Å². The van der Waals surface area contributed by atoms with E-state index in [1.807, 2.05) is 36.6 Å². The highest BCUT2D eigenvalue weighted by Gasteiger charge is 2.40. The average Bonchev–Trinajstić information content (AvgIpc) is 3.39.